The van der Waals surface area contributed by atoms with Crippen molar-refractivity contribution in [3.8, 4) is 6.07 Å². The summed E-state index contributed by atoms with van der Waals surface area (Å²) in [5.41, 5.74) is 4.10. The van der Waals surface area contributed by atoms with Gasteiger partial charge in [0, 0.05) is 17.9 Å². The number of rotatable bonds is 7. The molecule has 2 aromatic rings. The molecular weight excluding hydrogens is 322 g/mol. The number of hydrogen-bond donors (Lipinski definition) is 2. The van der Waals surface area contributed by atoms with Crippen molar-refractivity contribution in [3.63, 3.8) is 0 Å². The van der Waals surface area contributed by atoms with Gasteiger partial charge in [-0.25, -0.2) is 0 Å². The predicted octanol–water partition coefficient (Wildman–Crippen LogP) is 4.51. The highest BCUT2D eigenvalue weighted by Crippen LogP contribution is 2.23. The highest BCUT2D eigenvalue weighted by molar-refractivity contribution is 6.07. The van der Waals surface area contributed by atoms with E-state index in [1.165, 1.54) is 6.20 Å². The number of carbonyl (C=O) groups is 1. The van der Waals surface area contributed by atoms with E-state index < -0.39 is 5.91 Å². The summed E-state index contributed by atoms with van der Waals surface area (Å²) in [5, 5.41) is 15.4. The van der Waals surface area contributed by atoms with E-state index in [1.54, 1.807) is 0 Å². The molecule has 4 nitrogen and oxygen atoms in total. The van der Waals surface area contributed by atoms with Crippen molar-refractivity contribution in [2.75, 3.05) is 5.32 Å². The molecule has 0 radical (unpaired) electrons. The van der Waals surface area contributed by atoms with Gasteiger partial charge < -0.3 is 10.6 Å². The average molecular weight is 347 g/mol. The highest BCUT2D eigenvalue weighted by Gasteiger charge is 2.14. The van der Waals surface area contributed by atoms with E-state index in [0.29, 0.717) is 0 Å². The Morgan fingerprint density at radius 3 is 2.23 bits per heavy atom. The first kappa shape index (κ1) is 19.3. The van der Waals surface area contributed by atoms with Crippen molar-refractivity contribution in [3.05, 3.63) is 77.0 Å². The zero-order valence-electron chi connectivity index (χ0n) is 15.5. The summed E-state index contributed by atoms with van der Waals surface area (Å²) in [5.74, 6) is -0.393. The maximum absolute atomic E-state index is 12.6. The number of nitrogens with zero attached hydrogens (tertiary/aromatic N) is 1. The number of anilines is 1. The predicted molar refractivity (Wildman–Crippen MR) is 106 cm³/mol. The average Bonchev–Trinajstić information content (AvgIpc) is 2.69. The lowest BCUT2D eigenvalue weighted by atomic mass is 10.0. The van der Waals surface area contributed by atoms with E-state index in [0.717, 1.165) is 35.2 Å². The SMILES string of the molecule is CCc1cccc(CC)c1NC(=O)/C(C#N)=C\NC(C)c1ccccc1. The standard InChI is InChI=1S/C22H25N3O/c1-4-17-12-9-13-18(5-2)21(17)25-22(26)20(14-23)15-24-16(3)19-10-7-6-8-11-19/h6-13,15-16,24H,4-5H2,1-3H3,(H,25,26)/b20-15-. The van der Waals surface area contributed by atoms with Crippen LogP contribution in [-0.4, -0.2) is 5.91 Å². The van der Waals surface area contributed by atoms with Gasteiger partial charge in [-0.3, -0.25) is 4.79 Å². The van der Waals surface area contributed by atoms with Crippen LogP contribution in [-0.2, 0) is 17.6 Å². The second-order valence-electron chi connectivity index (χ2n) is 6.08. The third-order valence-corrected chi connectivity index (χ3v) is 4.38. The lowest BCUT2D eigenvalue weighted by molar-refractivity contribution is -0.112. The summed E-state index contributed by atoms with van der Waals surface area (Å²) in [4.78, 5) is 12.6. The third kappa shape index (κ3) is 4.73. The van der Waals surface area contributed by atoms with Crippen molar-refractivity contribution >= 4 is 11.6 Å². The van der Waals surface area contributed by atoms with Gasteiger partial charge in [0.25, 0.3) is 5.91 Å². The van der Waals surface area contributed by atoms with E-state index in [1.807, 2.05) is 61.5 Å². The van der Waals surface area contributed by atoms with Crippen LogP contribution in [0.15, 0.2) is 60.3 Å². The molecule has 0 fully saturated rings. The van der Waals surface area contributed by atoms with Gasteiger partial charge in [-0.1, -0.05) is 62.4 Å². The Bertz CT molecular complexity index is 797. The molecule has 0 bridgehead atoms. The first-order chi connectivity index (χ1) is 12.6. The number of benzene rings is 2. The molecule has 2 N–H and O–H groups in total. The fourth-order valence-corrected chi connectivity index (χ4v) is 2.78. The van der Waals surface area contributed by atoms with E-state index >= 15 is 0 Å². The molecule has 1 atom stereocenters. The first-order valence-corrected chi connectivity index (χ1v) is 8.94. The second kappa shape index (κ2) is 9.43. The molecule has 26 heavy (non-hydrogen) atoms. The van der Waals surface area contributed by atoms with Crippen LogP contribution in [0.25, 0.3) is 0 Å². The van der Waals surface area contributed by atoms with Gasteiger partial charge in [0.05, 0.1) is 0 Å². The number of aryl methyl sites for hydroxylation is 2. The maximum atomic E-state index is 12.6. The lowest BCUT2D eigenvalue weighted by Crippen LogP contribution is -2.19. The quantitative estimate of drug-likeness (QED) is 0.572. The Labute approximate surface area is 155 Å². The number of nitrogens with one attached hydrogen (secondary N) is 2. The van der Waals surface area contributed by atoms with Gasteiger partial charge in [0.15, 0.2) is 0 Å². The van der Waals surface area contributed by atoms with Gasteiger partial charge in [0.2, 0.25) is 0 Å². The Morgan fingerprint density at radius 2 is 1.69 bits per heavy atom. The molecule has 2 aromatic carbocycles. The number of nitriles is 1. The highest BCUT2D eigenvalue weighted by atomic mass is 16.1. The molecule has 0 spiro atoms. The molecule has 1 unspecified atom stereocenters. The first-order valence-electron chi connectivity index (χ1n) is 8.94. The molecule has 4 heteroatoms. The van der Waals surface area contributed by atoms with Crippen molar-refractivity contribution in [1.82, 2.24) is 5.32 Å². The number of para-hydroxylation sites is 1. The van der Waals surface area contributed by atoms with E-state index in [4.69, 9.17) is 0 Å². The molecule has 0 aromatic heterocycles. The van der Waals surface area contributed by atoms with Gasteiger partial charge in [-0.15, -0.1) is 0 Å². The summed E-state index contributed by atoms with van der Waals surface area (Å²) in [6.45, 7) is 6.09. The largest absolute Gasteiger partial charge is 0.383 e. The smallest absolute Gasteiger partial charge is 0.267 e. The number of amides is 1. The van der Waals surface area contributed by atoms with Crippen molar-refractivity contribution in [1.29, 1.82) is 5.26 Å². The van der Waals surface area contributed by atoms with Crippen LogP contribution in [0, 0.1) is 11.3 Å². The van der Waals surface area contributed by atoms with Crippen molar-refractivity contribution < 1.29 is 4.79 Å². The van der Waals surface area contributed by atoms with Crippen LogP contribution in [0.2, 0.25) is 0 Å². The summed E-state index contributed by atoms with van der Waals surface area (Å²) in [6, 6.07) is 17.9. The van der Waals surface area contributed by atoms with E-state index in [9.17, 15) is 10.1 Å². The second-order valence-corrected chi connectivity index (χ2v) is 6.08. The Morgan fingerprint density at radius 1 is 1.08 bits per heavy atom. The third-order valence-electron chi connectivity index (χ3n) is 4.38. The molecule has 0 saturated carbocycles. The number of carbonyl (C=O) groups excluding carboxylic acids is 1. The molecule has 1 amide bonds. The molecule has 0 aliphatic carbocycles. The normalized spacial score (nSPS) is 12.2. The van der Waals surface area contributed by atoms with Gasteiger partial charge >= 0.3 is 0 Å². The van der Waals surface area contributed by atoms with Gasteiger partial charge in [-0.2, -0.15) is 5.26 Å². The molecule has 0 heterocycles. The van der Waals surface area contributed by atoms with Crippen LogP contribution >= 0.6 is 0 Å². The van der Waals surface area contributed by atoms with Gasteiger partial charge in [-0.05, 0) is 36.5 Å². The molecule has 2 rings (SSSR count). The molecule has 0 saturated heterocycles. The zero-order valence-corrected chi connectivity index (χ0v) is 15.5. The fraction of sp³-hybridized carbons (Fsp3) is 0.273. The minimum absolute atomic E-state index is 0.00137. The van der Waals surface area contributed by atoms with E-state index in [2.05, 4.69) is 24.5 Å². The Hall–Kier alpha value is -3.06. The zero-order chi connectivity index (χ0) is 18.9. The van der Waals surface area contributed by atoms with Crippen LogP contribution < -0.4 is 10.6 Å². The summed E-state index contributed by atoms with van der Waals surface area (Å²) < 4.78 is 0. The summed E-state index contributed by atoms with van der Waals surface area (Å²) >= 11 is 0. The van der Waals surface area contributed by atoms with E-state index in [-0.39, 0.29) is 11.6 Å². The minimum atomic E-state index is -0.393. The maximum Gasteiger partial charge on any atom is 0.267 e. The lowest BCUT2D eigenvalue weighted by Gasteiger charge is -2.15. The topological polar surface area (TPSA) is 64.9 Å². The summed E-state index contributed by atoms with van der Waals surface area (Å²) in [7, 11) is 0. The molecule has 0 aliphatic rings. The van der Waals surface area contributed by atoms with Crippen LogP contribution in [0.4, 0.5) is 5.69 Å². The molecule has 0 aliphatic heterocycles. The van der Waals surface area contributed by atoms with Gasteiger partial charge in [0.1, 0.15) is 11.6 Å². The molecular formula is C22H25N3O. The Kier molecular flexibility index (Phi) is 6.99. The van der Waals surface area contributed by atoms with Crippen LogP contribution in [0.3, 0.4) is 0 Å². The monoisotopic (exact) mass is 347 g/mol. The van der Waals surface area contributed by atoms with Crippen LogP contribution in [0.1, 0.15) is 43.5 Å². The van der Waals surface area contributed by atoms with Crippen LogP contribution in [0.5, 0.6) is 0 Å². The number of hydrogen-bond acceptors (Lipinski definition) is 3. The Balaban J connectivity index is 2.16. The molecule has 134 valence electrons. The summed E-state index contributed by atoms with van der Waals surface area (Å²) in [6.07, 6.45) is 3.13. The van der Waals surface area contributed by atoms with Crippen molar-refractivity contribution in [2.45, 2.75) is 39.7 Å². The fourth-order valence-electron chi connectivity index (χ4n) is 2.78. The van der Waals surface area contributed by atoms with Crippen molar-refractivity contribution in [2.24, 2.45) is 0 Å². The minimum Gasteiger partial charge on any atom is -0.383 e.